The molecule has 10 heteroatoms. The highest BCUT2D eigenvalue weighted by atomic mass is 35.5. The summed E-state index contributed by atoms with van der Waals surface area (Å²) in [5, 5.41) is 7.57. The topological polar surface area (TPSA) is 81.0 Å². The van der Waals surface area contributed by atoms with Crippen LogP contribution in [0.15, 0.2) is 36.0 Å². The Morgan fingerprint density at radius 3 is 2.97 bits per heavy atom. The summed E-state index contributed by atoms with van der Waals surface area (Å²) in [4.78, 5) is 19.8. The molecule has 176 valence electrons. The summed E-state index contributed by atoms with van der Waals surface area (Å²) < 4.78 is 27.7. The number of carbonyl (C=O) groups excluding carboxylic acids is 1. The number of fused-ring (bicyclic) bond motifs is 2. The first-order valence-corrected chi connectivity index (χ1v) is 11.3. The van der Waals surface area contributed by atoms with Crippen molar-refractivity contribution in [2.75, 3.05) is 26.2 Å². The maximum atomic E-state index is 14.3. The van der Waals surface area contributed by atoms with Gasteiger partial charge in [-0.05, 0) is 44.5 Å². The van der Waals surface area contributed by atoms with E-state index in [9.17, 15) is 9.18 Å². The van der Waals surface area contributed by atoms with Crippen molar-refractivity contribution < 1.29 is 18.7 Å². The van der Waals surface area contributed by atoms with Crippen molar-refractivity contribution in [2.24, 2.45) is 12.0 Å². The van der Waals surface area contributed by atoms with E-state index in [4.69, 9.17) is 21.1 Å². The quantitative estimate of drug-likeness (QED) is 0.730. The van der Waals surface area contributed by atoms with Crippen molar-refractivity contribution in [3.63, 3.8) is 0 Å². The molecule has 2 aliphatic heterocycles. The monoisotopic (exact) mass is 475 g/mol. The van der Waals surface area contributed by atoms with E-state index in [0.29, 0.717) is 35.8 Å². The van der Waals surface area contributed by atoms with Gasteiger partial charge >= 0.3 is 0 Å². The molecule has 1 saturated heterocycles. The zero-order valence-electron chi connectivity index (χ0n) is 18.7. The van der Waals surface area contributed by atoms with Crippen LogP contribution in [0, 0.1) is 5.82 Å². The number of aliphatic imine (C=N–C) groups is 1. The molecule has 2 aliphatic rings. The number of nitrogens with zero attached hydrogens (tertiary/aromatic N) is 4. The van der Waals surface area contributed by atoms with E-state index in [1.807, 2.05) is 0 Å². The fourth-order valence-corrected chi connectivity index (χ4v) is 4.43. The van der Waals surface area contributed by atoms with Gasteiger partial charge in [-0.1, -0.05) is 18.2 Å². The van der Waals surface area contributed by atoms with Crippen molar-refractivity contribution in [3.05, 3.63) is 53.0 Å². The first-order valence-electron chi connectivity index (χ1n) is 10.9. The van der Waals surface area contributed by atoms with Crippen LogP contribution in [-0.2, 0) is 11.8 Å². The Kier molecular flexibility index (Phi) is 6.99. The van der Waals surface area contributed by atoms with Gasteiger partial charge in [-0.2, -0.15) is 10.1 Å². The van der Waals surface area contributed by atoms with Crippen LogP contribution in [0.1, 0.15) is 41.8 Å². The second kappa shape index (κ2) is 9.93. The molecule has 2 atom stereocenters. The standard InChI is InChI=1S/C23H27ClFN5O3/c1-4-19-28-22-16(12-27-29(22)3)23(31)30(13-15-6-5-9-26-15)10-11-32-18-8-7-17(25)21(24)20(18)14(2)33-19/h4,7-8,12,14-15,26H,1,5-6,9-11,13H2,2-3H3. The van der Waals surface area contributed by atoms with Gasteiger partial charge in [0.1, 0.15) is 29.8 Å². The van der Waals surface area contributed by atoms with Crippen LogP contribution in [0.2, 0.25) is 5.02 Å². The van der Waals surface area contributed by atoms with Gasteiger partial charge in [0.15, 0.2) is 5.82 Å². The van der Waals surface area contributed by atoms with Crippen LogP contribution >= 0.6 is 11.6 Å². The highest BCUT2D eigenvalue weighted by Crippen LogP contribution is 2.36. The molecule has 3 heterocycles. The molecule has 1 fully saturated rings. The average molecular weight is 476 g/mol. The molecule has 0 aliphatic carbocycles. The van der Waals surface area contributed by atoms with Crippen molar-refractivity contribution in [2.45, 2.75) is 31.9 Å². The van der Waals surface area contributed by atoms with Gasteiger partial charge in [0.2, 0.25) is 5.90 Å². The molecule has 1 N–H and O–H groups in total. The van der Waals surface area contributed by atoms with Gasteiger partial charge in [0.05, 0.1) is 23.3 Å². The number of benzene rings is 1. The molecule has 0 saturated carbocycles. The highest BCUT2D eigenvalue weighted by Gasteiger charge is 2.28. The average Bonchev–Trinajstić information content (AvgIpc) is 3.44. The predicted molar refractivity (Wildman–Crippen MR) is 124 cm³/mol. The number of hydrogen-bond donors (Lipinski definition) is 1. The maximum Gasteiger partial charge on any atom is 0.259 e. The molecule has 2 unspecified atom stereocenters. The fraction of sp³-hybridized carbons (Fsp3) is 0.435. The third-order valence-electron chi connectivity index (χ3n) is 5.83. The van der Waals surface area contributed by atoms with Gasteiger partial charge in [0.25, 0.3) is 5.91 Å². The van der Waals surface area contributed by atoms with Gasteiger partial charge in [-0.3, -0.25) is 9.48 Å². The van der Waals surface area contributed by atoms with E-state index in [2.05, 4.69) is 22.0 Å². The summed E-state index contributed by atoms with van der Waals surface area (Å²) in [6.07, 6.45) is 4.30. The van der Waals surface area contributed by atoms with Gasteiger partial charge in [0, 0.05) is 19.6 Å². The van der Waals surface area contributed by atoms with E-state index in [0.717, 1.165) is 19.4 Å². The largest absolute Gasteiger partial charge is 0.491 e. The molecule has 0 spiro atoms. The van der Waals surface area contributed by atoms with Crippen molar-refractivity contribution >= 4 is 29.2 Å². The number of nitrogens with one attached hydrogen (secondary N) is 1. The first-order chi connectivity index (χ1) is 15.9. The molecule has 2 aromatic rings. The van der Waals surface area contributed by atoms with Gasteiger partial charge in [-0.15, -0.1) is 0 Å². The van der Waals surface area contributed by atoms with Gasteiger partial charge in [-0.25, -0.2) is 4.39 Å². The molecular weight excluding hydrogens is 449 g/mol. The van der Waals surface area contributed by atoms with E-state index < -0.39 is 11.9 Å². The molecule has 0 bridgehead atoms. The summed E-state index contributed by atoms with van der Waals surface area (Å²) in [5.41, 5.74) is 0.720. The molecule has 0 radical (unpaired) electrons. The zero-order valence-corrected chi connectivity index (χ0v) is 19.4. The lowest BCUT2D eigenvalue weighted by Crippen LogP contribution is -2.43. The number of hydrogen-bond acceptors (Lipinski definition) is 6. The van der Waals surface area contributed by atoms with Crippen LogP contribution in [0.3, 0.4) is 0 Å². The van der Waals surface area contributed by atoms with Crippen LogP contribution in [-0.4, -0.2) is 58.8 Å². The predicted octanol–water partition coefficient (Wildman–Crippen LogP) is 3.79. The molecule has 1 aromatic carbocycles. The minimum absolute atomic E-state index is 0.0809. The number of aryl methyl sites for hydroxylation is 1. The Balaban J connectivity index is 1.77. The molecule has 1 aromatic heterocycles. The van der Waals surface area contributed by atoms with Crippen molar-refractivity contribution in [1.29, 1.82) is 0 Å². The number of aromatic nitrogens is 2. The van der Waals surface area contributed by atoms with Crippen molar-refractivity contribution in [3.8, 4) is 5.75 Å². The Morgan fingerprint density at radius 2 is 2.24 bits per heavy atom. The Labute approximate surface area is 197 Å². The van der Waals surface area contributed by atoms with Crippen molar-refractivity contribution in [1.82, 2.24) is 20.0 Å². The number of amides is 1. The lowest BCUT2D eigenvalue weighted by molar-refractivity contribution is 0.0715. The second-order valence-electron chi connectivity index (χ2n) is 8.09. The van der Waals surface area contributed by atoms with Crippen LogP contribution in [0.4, 0.5) is 10.2 Å². The van der Waals surface area contributed by atoms with Crippen LogP contribution < -0.4 is 10.1 Å². The summed E-state index contributed by atoms with van der Waals surface area (Å²) in [6.45, 7) is 7.47. The molecule has 1 amide bonds. The normalized spacial score (nSPS) is 21.5. The second-order valence-corrected chi connectivity index (χ2v) is 8.46. The summed E-state index contributed by atoms with van der Waals surface area (Å²) in [5.74, 6) is 0.107. The van der Waals surface area contributed by atoms with E-state index in [1.54, 1.807) is 18.9 Å². The Hall–Kier alpha value is -2.91. The third kappa shape index (κ3) is 4.89. The highest BCUT2D eigenvalue weighted by molar-refractivity contribution is 6.31. The van der Waals surface area contributed by atoms with E-state index in [-0.39, 0.29) is 29.5 Å². The summed E-state index contributed by atoms with van der Waals surface area (Å²) >= 11 is 6.29. The Morgan fingerprint density at radius 1 is 1.42 bits per heavy atom. The lowest BCUT2D eigenvalue weighted by atomic mass is 10.1. The molecule has 4 rings (SSSR count). The Bertz CT molecular complexity index is 1080. The minimum atomic E-state index is -0.688. The van der Waals surface area contributed by atoms with Crippen LogP contribution in [0.25, 0.3) is 0 Å². The van der Waals surface area contributed by atoms with Gasteiger partial charge < -0.3 is 19.7 Å². The number of carbonyl (C=O) groups is 1. The molecule has 33 heavy (non-hydrogen) atoms. The SMILES string of the molecule is C=CC1=Nc2c(cnn2C)C(=O)N(CC2CCCN2)CCOc2ccc(F)c(Cl)c2C(C)O1. The van der Waals surface area contributed by atoms with E-state index in [1.165, 1.54) is 29.1 Å². The molecule has 8 nitrogen and oxygen atoms in total. The minimum Gasteiger partial charge on any atom is -0.491 e. The van der Waals surface area contributed by atoms with Crippen LogP contribution in [0.5, 0.6) is 5.75 Å². The first kappa shape index (κ1) is 23.3. The third-order valence-corrected chi connectivity index (χ3v) is 6.22. The smallest absolute Gasteiger partial charge is 0.259 e. The number of ether oxygens (including phenoxy) is 2. The fourth-order valence-electron chi connectivity index (χ4n) is 4.12. The zero-order chi connectivity index (χ0) is 23.5. The molecular formula is C23H27ClFN5O3. The summed E-state index contributed by atoms with van der Waals surface area (Å²) in [7, 11) is 1.70. The number of rotatable bonds is 3. The number of halogens is 2. The summed E-state index contributed by atoms with van der Waals surface area (Å²) in [6, 6.07) is 2.97. The maximum absolute atomic E-state index is 14.3. The lowest BCUT2D eigenvalue weighted by Gasteiger charge is -2.26. The van der Waals surface area contributed by atoms with E-state index >= 15 is 0 Å².